The van der Waals surface area contributed by atoms with Gasteiger partial charge in [0.05, 0.1) is 25.6 Å². The molecule has 0 bridgehead atoms. The highest BCUT2D eigenvalue weighted by Crippen LogP contribution is 2.47. The van der Waals surface area contributed by atoms with Gasteiger partial charge in [-0.15, -0.1) is 11.8 Å². The minimum Gasteiger partial charge on any atom is -0.507 e. The SMILES string of the molecule is COc1ccc(C2CC(c3ccc4ccccc4c3O)=Nc3ccccc3S2)cc1OC. The monoisotopic (exact) mass is 441 g/mol. The summed E-state index contributed by atoms with van der Waals surface area (Å²) in [7, 11) is 3.29. The van der Waals surface area contributed by atoms with Crippen LogP contribution in [0.2, 0.25) is 0 Å². The van der Waals surface area contributed by atoms with E-state index in [2.05, 4.69) is 12.1 Å². The van der Waals surface area contributed by atoms with E-state index < -0.39 is 0 Å². The zero-order valence-electron chi connectivity index (χ0n) is 17.9. The lowest BCUT2D eigenvalue weighted by atomic mass is 9.97. The molecule has 4 nitrogen and oxygen atoms in total. The first kappa shape index (κ1) is 20.5. The predicted octanol–water partition coefficient (Wildman–Crippen LogP) is 6.92. The number of aromatic hydroxyl groups is 1. The minimum atomic E-state index is 0.100. The molecule has 1 N–H and O–H groups in total. The molecule has 0 amide bonds. The van der Waals surface area contributed by atoms with Crippen LogP contribution in [0.4, 0.5) is 5.69 Å². The standard InChI is InChI=1S/C27H23NO3S/c1-30-23-14-12-18(15-24(23)31-2)26-16-22(28-21-9-5-6-10-25(21)32-26)20-13-11-17-7-3-4-8-19(17)27(20)29/h3-15,26,29H,16H2,1-2H3. The predicted molar refractivity (Wildman–Crippen MR) is 131 cm³/mol. The first-order chi connectivity index (χ1) is 15.7. The number of hydrogen-bond donors (Lipinski definition) is 1. The first-order valence-electron chi connectivity index (χ1n) is 10.4. The lowest BCUT2D eigenvalue weighted by Crippen LogP contribution is -2.06. The molecule has 1 heterocycles. The van der Waals surface area contributed by atoms with Gasteiger partial charge in [0, 0.05) is 27.5 Å². The third-order valence-electron chi connectivity index (χ3n) is 5.76. The van der Waals surface area contributed by atoms with Crippen LogP contribution in [0.25, 0.3) is 10.8 Å². The highest BCUT2D eigenvalue weighted by Gasteiger charge is 2.25. The Labute approximate surface area is 191 Å². The second-order valence-corrected chi connectivity index (χ2v) is 8.88. The minimum absolute atomic E-state index is 0.100. The van der Waals surface area contributed by atoms with Crippen LogP contribution < -0.4 is 9.47 Å². The average molecular weight is 442 g/mol. The first-order valence-corrected chi connectivity index (χ1v) is 11.3. The number of benzene rings is 4. The molecular formula is C27H23NO3S. The Morgan fingerprint density at radius 3 is 2.50 bits per heavy atom. The lowest BCUT2D eigenvalue weighted by Gasteiger charge is -2.18. The van der Waals surface area contributed by atoms with Gasteiger partial charge in [-0.25, -0.2) is 0 Å². The van der Waals surface area contributed by atoms with Gasteiger partial charge in [-0.3, -0.25) is 4.99 Å². The van der Waals surface area contributed by atoms with Crippen molar-refractivity contribution in [3.05, 3.63) is 90.0 Å². The fraction of sp³-hybridized carbons (Fsp3) is 0.148. The summed E-state index contributed by atoms with van der Waals surface area (Å²) in [5.74, 6) is 1.68. The maximum Gasteiger partial charge on any atom is 0.161 e. The molecule has 1 aliphatic rings. The second-order valence-electron chi connectivity index (χ2n) is 7.63. The van der Waals surface area contributed by atoms with Gasteiger partial charge in [-0.2, -0.15) is 0 Å². The van der Waals surface area contributed by atoms with E-state index in [-0.39, 0.29) is 11.0 Å². The van der Waals surface area contributed by atoms with E-state index in [0.717, 1.165) is 38.2 Å². The van der Waals surface area contributed by atoms with Gasteiger partial charge in [0.1, 0.15) is 5.75 Å². The zero-order valence-corrected chi connectivity index (χ0v) is 18.7. The Morgan fingerprint density at radius 2 is 1.66 bits per heavy atom. The van der Waals surface area contributed by atoms with Crippen molar-refractivity contribution in [3.63, 3.8) is 0 Å². The van der Waals surface area contributed by atoms with Crippen LogP contribution in [0.3, 0.4) is 0 Å². The molecule has 0 radical (unpaired) electrons. The van der Waals surface area contributed by atoms with E-state index >= 15 is 0 Å². The van der Waals surface area contributed by atoms with Crippen molar-refractivity contribution in [1.29, 1.82) is 0 Å². The molecule has 5 heteroatoms. The molecule has 0 fully saturated rings. The van der Waals surface area contributed by atoms with Gasteiger partial charge in [-0.1, -0.05) is 48.5 Å². The number of methoxy groups -OCH3 is 2. The number of hydrogen-bond acceptors (Lipinski definition) is 5. The lowest BCUT2D eigenvalue weighted by molar-refractivity contribution is 0.354. The molecule has 160 valence electrons. The molecule has 1 aliphatic heterocycles. The van der Waals surface area contributed by atoms with E-state index in [1.807, 2.05) is 66.7 Å². The summed E-state index contributed by atoms with van der Waals surface area (Å²) in [5.41, 5.74) is 3.68. The maximum atomic E-state index is 11.1. The highest BCUT2D eigenvalue weighted by atomic mass is 32.2. The van der Waals surface area contributed by atoms with Crippen LogP contribution in [0.15, 0.2) is 88.8 Å². The number of nitrogens with zero attached hydrogens (tertiary/aromatic N) is 1. The van der Waals surface area contributed by atoms with Crippen molar-refractivity contribution in [2.45, 2.75) is 16.6 Å². The van der Waals surface area contributed by atoms with Gasteiger partial charge in [0.2, 0.25) is 0 Å². The molecule has 0 spiro atoms. The molecular weight excluding hydrogens is 418 g/mol. The Kier molecular flexibility index (Phi) is 5.50. The van der Waals surface area contributed by atoms with Crippen molar-refractivity contribution in [2.75, 3.05) is 14.2 Å². The normalized spacial score (nSPS) is 15.6. The summed E-state index contributed by atoms with van der Waals surface area (Å²) in [6, 6.07) is 26.1. The molecule has 0 aliphatic carbocycles. The van der Waals surface area contributed by atoms with Crippen LogP contribution in [-0.4, -0.2) is 25.0 Å². The molecule has 5 rings (SSSR count). The van der Waals surface area contributed by atoms with E-state index in [1.54, 1.807) is 26.0 Å². The number of para-hydroxylation sites is 1. The van der Waals surface area contributed by atoms with E-state index in [4.69, 9.17) is 14.5 Å². The Bertz CT molecular complexity index is 1330. The van der Waals surface area contributed by atoms with Crippen molar-refractivity contribution in [1.82, 2.24) is 0 Å². The maximum absolute atomic E-state index is 11.1. The molecule has 0 aromatic heterocycles. The number of phenolic OH excluding ortho intramolecular Hbond substituents is 1. The smallest absolute Gasteiger partial charge is 0.161 e. The molecule has 1 unspecified atom stereocenters. The fourth-order valence-corrected chi connectivity index (χ4v) is 5.33. The largest absolute Gasteiger partial charge is 0.507 e. The van der Waals surface area contributed by atoms with Crippen LogP contribution in [0.1, 0.15) is 22.8 Å². The number of ether oxygens (including phenoxy) is 2. The summed E-state index contributed by atoms with van der Waals surface area (Å²) < 4.78 is 11.0. The molecule has 0 saturated heterocycles. The molecule has 32 heavy (non-hydrogen) atoms. The van der Waals surface area contributed by atoms with Gasteiger partial charge >= 0.3 is 0 Å². The average Bonchev–Trinajstić information content (AvgIpc) is 3.03. The van der Waals surface area contributed by atoms with E-state index in [1.165, 1.54) is 0 Å². The van der Waals surface area contributed by atoms with Crippen LogP contribution >= 0.6 is 11.8 Å². The van der Waals surface area contributed by atoms with Crippen molar-refractivity contribution >= 4 is 33.9 Å². The third-order valence-corrected chi connectivity index (χ3v) is 7.08. The molecule has 4 aromatic rings. The van der Waals surface area contributed by atoms with E-state index in [9.17, 15) is 5.11 Å². The summed E-state index contributed by atoms with van der Waals surface area (Å²) in [4.78, 5) is 6.12. The van der Waals surface area contributed by atoms with Crippen molar-refractivity contribution < 1.29 is 14.6 Å². The number of aliphatic imine (C=N–C) groups is 1. The topological polar surface area (TPSA) is 51.0 Å². The number of rotatable bonds is 4. The van der Waals surface area contributed by atoms with E-state index in [0.29, 0.717) is 17.9 Å². The van der Waals surface area contributed by atoms with Gasteiger partial charge in [-0.05, 0) is 41.3 Å². The summed E-state index contributed by atoms with van der Waals surface area (Å²) in [6.07, 6.45) is 0.667. The van der Waals surface area contributed by atoms with Crippen LogP contribution in [0.5, 0.6) is 17.2 Å². The van der Waals surface area contributed by atoms with Crippen LogP contribution in [-0.2, 0) is 0 Å². The number of fused-ring (bicyclic) bond motifs is 2. The summed E-state index contributed by atoms with van der Waals surface area (Å²) in [5, 5.41) is 13.1. The molecule has 1 atom stereocenters. The number of thioether (sulfide) groups is 1. The summed E-state index contributed by atoms with van der Waals surface area (Å²) in [6.45, 7) is 0. The number of phenols is 1. The van der Waals surface area contributed by atoms with Gasteiger partial charge in [0.25, 0.3) is 0 Å². The third kappa shape index (κ3) is 3.69. The highest BCUT2D eigenvalue weighted by molar-refractivity contribution is 7.99. The quantitative estimate of drug-likeness (QED) is 0.373. The van der Waals surface area contributed by atoms with Crippen molar-refractivity contribution in [2.24, 2.45) is 4.99 Å². The molecule has 0 saturated carbocycles. The molecule has 4 aromatic carbocycles. The van der Waals surface area contributed by atoms with Crippen LogP contribution in [0, 0.1) is 0 Å². The Balaban J connectivity index is 1.63. The van der Waals surface area contributed by atoms with Crippen molar-refractivity contribution in [3.8, 4) is 17.2 Å². The Morgan fingerprint density at radius 1 is 0.875 bits per heavy atom. The second kappa shape index (κ2) is 8.60. The van der Waals surface area contributed by atoms with Gasteiger partial charge < -0.3 is 14.6 Å². The fourth-order valence-electron chi connectivity index (χ4n) is 4.11. The summed E-state index contributed by atoms with van der Waals surface area (Å²) >= 11 is 1.78. The Hall–Kier alpha value is -3.44. The zero-order chi connectivity index (χ0) is 22.1. The van der Waals surface area contributed by atoms with Gasteiger partial charge in [0.15, 0.2) is 11.5 Å².